The molecule has 8 nitrogen and oxygen atoms in total. The normalized spacial score (nSPS) is 14.4. The molecule has 1 unspecified atom stereocenters. The second kappa shape index (κ2) is 9.24. The van der Waals surface area contributed by atoms with Crippen molar-refractivity contribution in [3.8, 4) is 28.8 Å². The van der Waals surface area contributed by atoms with Gasteiger partial charge in [-0.05, 0) is 53.8 Å². The highest BCUT2D eigenvalue weighted by Gasteiger charge is 2.23. The Kier molecular flexibility index (Phi) is 5.83. The first-order chi connectivity index (χ1) is 16.6. The minimum absolute atomic E-state index is 0.00920. The molecule has 0 saturated carbocycles. The van der Waals surface area contributed by atoms with Crippen LogP contribution in [0.2, 0.25) is 0 Å². The number of hydrogen-bond acceptors (Lipinski definition) is 6. The topological polar surface area (TPSA) is 116 Å². The van der Waals surface area contributed by atoms with Crippen molar-refractivity contribution in [3.63, 3.8) is 0 Å². The molecule has 5 rings (SSSR count). The lowest BCUT2D eigenvalue weighted by Crippen LogP contribution is -2.24. The van der Waals surface area contributed by atoms with Crippen LogP contribution >= 0.6 is 0 Å². The van der Waals surface area contributed by atoms with Gasteiger partial charge < -0.3 is 20.4 Å². The zero-order valence-corrected chi connectivity index (χ0v) is 18.8. The first-order valence-electron chi connectivity index (χ1n) is 11.2. The number of aromatic nitrogens is 3. The molecule has 0 fully saturated rings. The fraction of sp³-hybridized carbons (Fsp3) is 0.231. The number of nitrogens with zero attached hydrogens (tertiary/aromatic N) is 3. The van der Waals surface area contributed by atoms with Crippen LogP contribution in [0.15, 0.2) is 54.9 Å². The summed E-state index contributed by atoms with van der Waals surface area (Å²) in [6.45, 7) is 2.13. The number of H-pyrrole nitrogens is 1. The third-order valence-electron chi connectivity index (χ3n) is 5.89. The molecule has 3 N–H and O–H groups in total. The lowest BCUT2D eigenvalue weighted by atomic mass is 10.1. The molecular weight excluding hydrogens is 428 g/mol. The van der Waals surface area contributed by atoms with E-state index in [4.69, 9.17) is 15.0 Å². The molecule has 0 aliphatic heterocycles. The number of carbonyl (C=O) groups excluding carboxylic acids is 1. The largest absolute Gasteiger partial charge is 0.437 e. The first-order valence-corrected chi connectivity index (χ1v) is 11.2. The second-order valence-electron chi connectivity index (χ2n) is 8.28. The average molecular weight is 453 g/mol. The van der Waals surface area contributed by atoms with Gasteiger partial charge >= 0.3 is 0 Å². The van der Waals surface area contributed by atoms with E-state index in [-0.39, 0.29) is 11.9 Å². The van der Waals surface area contributed by atoms with Gasteiger partial charge in [-0.3, -0.25) is 4.79 Å². The first kappa shape index (κ1) is 21.5. The number of nitrogens with one attached hydrogen (secondary N) is 3. The summed E-state index contributed by atoms with van der Waals surface area (Å²) in [5.41, 5.74) is 6.53. The summed E-state index contributed by atoms with van der Waals surface area (Å²) in [5.74, 6) is 1.01. The van der Waals surface area contributed by atoms with Crippen LogP contribution < -0.4 is 15.4 Å². The lowest BCUT2D eigenvalue weighted by molar-refractivity contribution is -0.119. The van der Waals surface area contributed by atoms with Crippen LogP contribution in [0.25, 0.3) is 22.3 Å². The number of hydrogen-bond donors (Lipinski definition) is 3. The third kappa shape index (κ3) is 4.41. The predicted octanol–water partition coefficient (Wildman–Crippen LogP) is 4.87. The maximum atomic E-state index is 11.5. The lowest BCUT2D eigenvalue weighted by Gasteiger charge is -2.13. The highest BCUT2D eigenvalue weighted by molar-refractivity contribution is 5.91. The van der Waals surface area contributed by atoms with E-state index in [9.17, 15) is 4.79 Å². The van der Waals surface area contributed by atoms with Crippen molar-refractivity contribution in [1.82, 2.24) is 20.3 Å². The summed E-state index contributed by atoms with van der Waals surface area (Å²) in [4.78, 5) is 23.9. The Hall–Kier alpha value is -4.38. The molecule has 34 heavy (non-hydrogen) atoms. The summed E-state index contributed by atoms with van der Waals surface area (Å²) in [7, 11) is 0. The number of benzene rings is 2. The smallest absolute Gasteiger partial charge is 0.238 e. The molecule has 170 valence electrons. The number of aromatic amines is 1. The van der Waals surface area contributed by atoms with Gasteiger partial charge in [0.2, 0.25) is 11.8 Å². The highest BCUT2D eigenvalue weighted by atomic mass is 16.5. The number of rotatable bonds is 7. The van der Waals surface area contributed by atoms with Gasteiger partial charge in [-0.2, -0.15) is 5.26 Å². The SMILES string of the molecule is CC(=O)NC1CCc2ccc(Oc3cnc4[nH]cc(-c5cccc(NCCC#N)c5)c4n3)cc21. The number of amides is 1. The van der Waals surface area contributed by atoms with Crippen LogP contribution in [0.5, 0.6) is 11.6 Å². The van der Waals surface area contributed by atoms with Crippen molar-refractivity contribution in [3.05, 3.63) is 66.0 Å². The Bertz CT molecular complexity index is 1400. The maximum Gasteiger partial charge on any atom is 0.238 e. The number of fused-ring (bicyclic) bond motifs is 2. The van der Waals surface area contributed by atoms with E-state index in [0.29, 0.717) is 35.8 Å². The number of nitriles is 1. The van der Waals surface area contributed by atoms with Crippen LogP contribution in [0.1, 0.15) is 36.9 Å². The summed E-state index contributed by atoms with van der Waals surface area (Å²) in [6, 6.07) is 16.1. The fourth-order valence-electron chi connectivity index (χ4n) is 4.36. The molecule has 2 heterocycles. The molecule has 0 spiro atoms. The van der Waals surface area contributed by atoms with E-state index in [1.807, 2.05) is 48.7 Å². The Balaban J connectivity index is 1.41. The van der Waals surface area contributed by atoms with Gasteiger partial charge in [0.15, 0.2) is 5.65 Å². The second-order valence-corrected chi connectivity index (χ2v) is 8.28. The Morgan fingerprint density at radius 1 is 1.29 bits per heavy atom. The van der Waals surface area contributed by atoms with Crippen molar-refractivity contribution < 1.29 is 9.53 Å². The zero-order chi connectivity index (χ0) is 23.5. The van der Waals surface area contributed by atoms with E-state index < -0.39 is 0 Å². The monoisotopic (exact) mass is 452 g/mol. The Labute approximate surface area is 197 Å². The molecule has 0 radical (unpaired) electrons. The summed E-state index contributed by atoms with van der Waals surface area (Å²) in [6.07, 6.45) is 5.75. The van der Waals surface area contributed by atoms with Crippen LogP contribution in [0.3, 0.4) is 0 Å². The minimum Gasteiger partial charge on any atom is -0.437 e. The quantitative estimate of drug-likeness (QED) is 0.345. The number of aryl methyl sites for hydroxylation is 1. The van der Waals surface area contributed by atoms with Crippen molar-refractivity contribution in [2.75, 3.05) is 11.9 Å². The Morgan fingerprint density at radius 3 is 3.06 bits per heavy atom. The molecule has 2 aromatic carbocycles. The van der Waals surface area contributed by atoms with Gasteiger partial charge in [-0.15, -0.1) is 0 Å². The minimum atomic E-state index is -0.0372. The van der Waals surface area contributed by atoms with Crippen LogP contribution in [0, 0.1) is 11.3 Å². The third-order valence-corrected chi connectivity index (χ3v) is 5.89. The number of carbonyl (C=O) groups is 1. The van der Waals surface area contributed by atoms with Gasteiger partial charge in [0.25, 0.3) is 0 Å². The van der Waals surface area contributed by atoms with E-state index in [1.54, 1.807) is 6.20 Å². The fourth-order valence-corrected chi connectivity index (χ4v) is 4.36. The highest BCUT2D eigenvalue weighted by Crippen LogP contribution is 2.35. The molecule has 1 aliphatic rings. The van der Waals surface area contributed by atoms with Crippen LogP contribution in [0.4, 0.5) is 5.69 Å². The van der Waals surface area contributed by atoms with E-state index in [2.05, 4.69) is 26.7 Å². The van der Waals surface area contributed by atoms with Crippen molar-refractivity contribution >= 4 is 22.8 Å². The number of anilines is 1. The van der Waals surface area contributed by atoms with Crippen molar-refractivity contribution in [2.45, 2.75) is 32.2 Å². The van der Waals surface area contributed by atoms with Gasteiger partial charge in [0, 0.05) is 30.9 Å². The molecule has 4 aromatic rings. The van der Waals surface area contributed by atoms with Gasteiger partial charge in [-0.1, -0.05) is 18.2 Å². The molecular formula is C26H24N6O2. The zero-order valence-electron chi connectivity index (χ0n) is 18.8. The van der Waals surface area contributed by atoms with E-state index in [0.717, 1.165) is 35.2 Å². The van der Waals surface area contributed by atoms with Crippen molar-refractivity contribution in [2.24, 2.45) is 0 Å². The van der Waals surface area contributed by atoms with Gasteiger partial charge in [-0.25, -0.2) is 9.97 Å². The predicted molar refractivity (Wildman–Crippen MR) is 129 cm³/mol. The number of ether oxygens (including phenoxy) is 1. The van der Waals surface area contributed by atoms with Crippen molar-refractivity contribution in [1.29, 1.82) is 5.26 Å². The van der Waals surface area contributed by atoms with Gasteiger partial charge in [0.1, 0.15) is 11.3 Å². The molecule has 1 amide bonds. The summed E-state index contributed by atoms with van der Waals surface area (Å²) < 4.78 is 6.07. The molecule has 1 atom stereocenters. The maximum absolute atomic E-state index is 11.5. The van der Waals surface area contributed by atoms with Crippen LogP contribution in [-0.4, -0.2) is 27.4 Å². The van der Waals surface area contributed by atoms with E-state index >= 15 is 0 Å². The molecule has 8 heteroatoms. The molecule has 0 bridgehead atoms. The summed E-state index contributed by atoms with van der Waals surface area (Å²) >= 11 is 0. The molecule has 2 aromatic heterocycles. The average Bonchev–Trinajstić information content (AvgIpc) is 3.43. The van der Waals surface area contributed by atoms with Gasteiger partial charge in [0.05, 0.1) is 24.7 Å². The summed E-state index contributed by atoms with van der Waals surface area (Å²) in [5, 5.41) is 15.0. The van der Waals surface area contributed by atoms with Crippen LogP contribution in [-0.2, 0) is 11.2 Å². The molecule has 1 aliphatic carbocycles. The van der Waals surface area contributed by atoms with E-state index in [1.165, 1.54) is 12.5 Å². The Morgan fingerprint density at radius 2 is 2.21 bits per heavy atom. The standard InChI is InChI=1S/C26H24N6O2/c1-16(33)31-23-9-7-17-6-8-20(13-21(17)23)34-24-15-30-26-25(32-24)22(14-29-26)18-4-2-5-19(12-18)28-11-3-10-27/h2,4-6,8,12-15,23,28H,3,7,9,11H2,1H3,(H,29,30)(H,31,33). The molecule has 0 saturated heterocycles.